The van der Waals surface area contributed by atoms with Crippen molar-refractivity contribution in [3.63, 3.8) is 0 Å². The summed E-state index contributed by atoms with van der Waals surface area (Å²) in [7, 11) is 1.36. The minimum Gasteiger partial charge on any atom is -0.465 e. The van der Waals surface area contributed by atoms with Gasteiger partial charge in [-0.25, -0.2) is 4.79 Å². The average molecular weight is 640 g/mol. The SMILES string of the molecule is COC(=O)c1c(NC(=O)CSc2cccc(NC(=O)/C(=C/c3ccccc3)NC(=O)c3ccccc3)c2)sc2c1CCCCC2. The molecule has 0 radical (unpaired) electrons. The molecule has 0 unspecified atom stereocenters. The number of carbonyl (C=O) groups is 4. The van der Waals surface area contributed by atoms with E-state index in [0.717, 1.165) is 53.0 Å². The number of carbonyl (C=O) groups excluding carboxylic acids is 4. The molecule has 0 bridgehead atoms. The molecule has 45 heavy (non-hydrogen) atoms. The van der Waals surface area contributed by atoms with Gasteiger partial charge in [0.05, 0.1) is 18.4 Å². The largest absolute Gasteiger partial charge is 0.465 e. The van der Waals surface area contributed by atoms with E-state index < -0.39 is 17.8 Å². The van der Waals surface area contributed by atoms with Gasteiger partial charge in [-0.1, -0.05) is 61.0 Å². The molecule has 3 N–H and O–H groups in total. The Bertz CT molecular complexity index is 1720. The quantitative estimate of drug-likeness (QED) is 0.0750. The standard InChI is InChI=1S/C35H33N3O5S2/c1-43-35(42)31-27-18-9-4-10-19-29(27)45-34(31)38-30(39)22-44-26-17-11-16-25(21-26)36-33(41)28(20-23-12-5-2-6-13-23)37-32(40)24-14-7-3-8-15-24/h2-3,5-8,11-17,20-21H,4,9-10,18-19,22H2,1H3,(H,36,41)(H,37,40)(H,38,39)/b28-20-. The molecule has 10 heteroatoms. The molecule has 5 rings (SSSR count). The summed E-state index contributed by atoms with van der Waals surface area (Å²) in [5.41, 5.74) is 3.25. The Morgan fingerprint density at radius 1 is 0.867 bits per heavy atom. The maximum Gasteiger partial charge on any atom is 0.341 e. The van der Waals surface area contributed by atoms with Crippen molar-refractivity contribution >= 4 is 63.6 Å². The molecule has 1 aromatic heterocycles. The zero-order chi connectivity index (χ0) is 31.6. The highest BCUT2D eigenvalue weighted by atomic mass is 32.2. The van der Waals surface area contributed by atoms with E-state index in [0.29, 0.717) is 21.8 Å². The first-order valence-corrected chi connectivity index (χ1v) is 16.4. The van der Waals surface area contributed by atoms with Gasteiger partial charge in [0, 0.05) is 21.0 Å². The van der Waals surface area contributed by atoms with Crippen molar-refractivity contribution in [2.24, 2.45) is 0 Å². The predicted octanol–water partition coefficient (Wildman–Crippen LogP) is 6.94. The number of thiophene rings is 1. The lowest BCUT2D eigenvalue weighted by Gasteiger charge is -2.12. The van der Waals surface area contributed by atoms with Gasteiger partial charge in [-0.05, 0) is 73.2 Å². The lowest BCUT2D eigenvalue weighted by Crippen LogP contribution is -2.30. The van der Waals surface area contributed by atoms with Crippen LogP contribution in [0, 0.1) is 0 Å². The van der Waals surface area contributed by atoms with E-state index in [-0.39, 0.29) is 17.4 Å². The Morgan fingerprint density at radius 3 is 2.36 bits per heavy atom. The van der Waals surface area contributed by atoms with E-state index in [1.807, 2.05) is 42.5 Å². The van der Waals surface area contributed by atoms with E-state index >= 15 is 0 Å². The summed E-state index contributed by atoms with van der Waals surface area (Å²) in [5.74, 6) is -1.46. The lowest BCUT2D eigenvalue weighted by molar-refractivity contribution is -0.114. The van der Waals surface area contributed by atoms with Crippen molar-refractivity contribution in [3.05, 3.63) is 118 Å². The van der Waals surface area contributed by atoms with Gasteiger partial charge in [0.25, 0.3) is 11.8 Å². The van der Waals surface area contributed by atoms with E-state index in [1.165, 1.54) is 30.2 Å². The number of benzene rings is 3. The zero-order valence-corrected chi connectivity index (χ0v) is 26.4. The van der Waals surface area contributed by atoms with E-state index in [2.05, 4.69) is 16.0 Å². The summed E-state index contributed by atoms with van der Waals surface area (Å²) in [6, 6.07) is 25.1. The molecule has 0 spiro atoms. The summed E-state index contributed by atoms with van der Waals surface area (Å²) in [6.07, 6.45) is 6.50. The van der Waals surface area contributed by atoms with Crippen LogP contribution in [0.1, 0.15) is 56.0 Å². The molecule has 1 heterocycles. The van der Waals surface area contributed by atoms with Crippen LogP contribution in [-0.2, 0) is 27.2 Å². The molecule has 230 valence electrons. The smallest absolute Gasteiger partial charge is 0.341 e. The number of hydrogen-bond acceptors (Lipinski definition) is 7. The van der Waals surface area contributed by atoms with Crippen LogP contribution in [0.4, 0.5) is 10.7 Å². The number of nitrogens with one attached hydrogen (secondary N) is 3. The Morgan fingerprint density at radius 2 is 1.60 bits per heavy atom. The number of thioether (sulfide) groups is 1. The molecule has 3 amide bonds. The molecule has 3 aromatic carbocycles. The summed E-state index contributed by atoms with van der Waals surface area (Å²) < 4.78 is 5.04. The monoisotopic (exact) mass is 639 g/mol. The number of anilines is 2. The minimum atomic E-state index is -0.490. The fourth-order valence-corrected chi connectivity index (χ4v) is 7.03. The van der Waals surface area contributed by atoms with Gasteiger partial charge in [-0.3, -0.25) is 14.4 Å². The number of fused-ring (bicyclic) bond motifs is 1. The fourth-order valence-electron chi connectivity index (χ4n) is 4.98. The van der Waals surface area contributed by atoms with Crippen molar-refractivity contribution in [1.82, 2.24) is 5.32 Å². The van der Waals surface area contributed by atoms with E-state index in [9.17, 15) is 19.2 Å². The van der Waals surface area contributed by atoms with Gasteiger partial charge in [0.2, 0.25) is 5.91 Å². The van der Waals surface area contributed by atoms with Gasteiger partial charge >= 0.3 is 5.97 Å². The molecule has 0 fully saturated rings. The van der Waals surface area contributed by atoms with Crippen LogP contribution in [0.5, 0.6) is 0 Å². The third-order valence-corrected chi connectivity index (χ3v) is 9.37. The second-order valence-corrected chi connectivity index (χ2v) is 12.5. The summed E-state index contributed by atoms with van der Waals surface area (Å²) in [6.45, 7) is 0. The number of rotatable bonds is 10. The second kappa shape index (κ2) is 15.4. The van der Waals surface area contributed by atoms with Gasteiger partial charge in [0.15, 0.2) is 0 Å². The second-order valence-electron chi connectivity index (χ2n) is 10.4. The van der Waals surface area contributed by atoms with Crippen LogP contribution in [0.2, 0.25) is 0 Å². The maximum atomic E-state index is 13.4. The van der Waals surface area contributed by atoms with Crippen LogP contribution in [-0.4, -0.2) is 36.6 Å². The highest BCUT2D eigenvalue weighted by Crippen LogP contribution is 2.38. The van der Waals surface area contributed by atoms with Crippen molar-refractivity contribution in [2.75, 3.05) is 23.5 Å². The number of esters is 1. The average Bonchev–Trinajstić information content (AvgIpc) is 3.23. The summed E-state index contributed by atoms with van der Waals surface area (Å²) in [5, 5.41) is 9.07. The summed E-state index contributed by atoms with van der Waals surface area (Å²) in [4.78, 5) is 53.8. The van der Waals surface area contributed by atoms with E-state index in [1.54, 1.807) is 48.5 Å². The van der Waals surface area contributed by atoms with Crippen molar-refractivity contribution in [2.45, 2.75) is 37.0 Å². The Hall–Kier alpha value is -4.67. The normalized spacial score (nSPS) is 12.8. The molecule has 0 saturated carbocycles. The third-order valence-electron chi connectivity index (χ3n) is 7.16. The van der Waals surface area contributed by atoms with Crippen LogP contribution >= 0.6 is 23.1 Å². The number of ether oxygens (including phenoxy) is 1. The van der Waals surface area contributed by atoms with Crippen LogP contribution in [0.25, 0.3) is 6.08 Å². The highest BCUT2D eigenvalue weighted by Gasteiger charge is 2.26. The molecule has 0 aliphatic heterocycles. The van der Waals surface area contributed by atoms with Gasteiger partial charge < -0.3 is 20.7 Å². The van der Waals surface area contributed by atoms with Crippen molar-refractivity contribution < 1.29 is 23.9 Å². The first-order chi connectivity index (χ1) is 21.9. The lowest BCUT2D eigenvalue weighted by atomic mass is 10.1. The first kappa shape index (κ1) is 31.7. The van der Waals surface area contributed by atoms with Crippen molar-refractivity contribution in [1.29, 1.82) is 0 Å². The Labute approximate surface area is 270 Å². The molecular weight excluding hydrogens is 607 g/mol. The molecule has 0 saturated heterocycles. The van der Waals surface area contributed by atoms with Crippen LogP contribution in [0.3, 0.4) is 0 Å². The fraction of sp³-hybridized carbons (Fsp3) is 0.200. The summed E-state index contributed by atoms with van der Waals surface area (Å²) >= 11 is 2.77. The van der Waals surface area contributed by atoms with Crippen LogP contribution < -0.4 is 16.0 Å². The van der Waals surface area contributed by atoms with Crippen LogP contribution in [0.15, 0.2) is 95.5 Å². The molecule has 0 atom stereocenters. The van der Waals surface area contributed by atoms with Crippen molar-refractivity contribution in [3.8, 4) is 0 Å². The number of aryl methyl sites for hydroxylation is 1. The molecule has 1 aliphatic carbocycles. The first-order valence-electron chi connectivity index (χ1n) is 14.6. The number of amides is 3. The van der Waals surface area contributed by atoms with E-state index in [4.69, 9.17) is 4.74 Å². The zero-order valence-electron chi connectivity index (χ0n) is 24.8. The highest BCUT2D eigenvalue weighted by molar-refractivity contribution is 8.00. The van der Waals surface area contributed by atoms with Gasteiger partial charge in [-0.2, -0.15) is 0 Å². The Balaban J connectivity index is 1.25. The maximum absolute atomic E-state index is 13.4. The molecule has 8 nitrogen and oxygen atoms in total. The predicted molar refractivity (Wildman–Crippen MR) is 180 cm³/mol. The molecule has 4 aromatic rings. The van der Waals surface area contributed by atoms with Gasteiger partial charge in [0.1, 0.15) is 10.7 Å². The topological polar surface area (TPSA) is 114 Å². The Kier molecular flexibility index (Phi) is 10.8. The molecular formula is C35H33N3O5S2. The minimum absolute atomic E-state index is 0.0863. The third kappa shape index (κ3) is 8.49. The number of methoxy groups -OCH3 is 1. The molecule has 1 aliphatic rings. The number of hydrogen-bond donors (Lipinski definition) is 3. The van der Waals surface area contributed by atoms with Gasteiger partial charge in [-0.15, -0.1) is 23.1 Å².